The molecule has 0 spiro atoms. The van der Waals surface area contributed by atoms with Crippen LogP contribution >= 0.6 is 0 Å². The fourth-order valence-electron chi connectivity index (χ4n) is 3.56. The number of hydrogen-bond donors (Lipinski definition) is 2. The van der Waals surface area contributed by atoms with E-state index < -0.39 is 0 Å². The first-order valence-corrected chi connectivity index (χ1v) is 9.77. The van der Waals surface area contributed by atoms with Gasteiger partial charge in [0.25, 0.3) is 0 Å². The normalized spacial score (nSPS) is 18.0. The van der Waals surface area contributed by atoms with Gasteiger partial charge in [0, 0.05) is 47.4 Å². The molecule has 1 saturated carbocycles. The van der Waals surface area contributed by atoms with Crippen LogP contribution in [0.2, 0.25) is 0 Å². The standard InChI is InChI=1S/C19H39N5O2/c1-7-26-16(10-13-23(3)4)14-21-18(20-2)22-15-19(11-8-9-12-19)17(25)24(5)6/h16H,7-15H2,1-6H3,(H2,20,21,22). The van der Waals surface area contributed by atoms with Crippen molar-refractivity contribution >= 4 is 11.9 Å². The minimum Gasteiger partial charge on any atom is -0.377 e. The average molecular weight is 370 g/mol. The predicted molar refractivity (Wildman–Crippen MR) is 108 cm³/mol. The number of ether oxygens (including phenoxy) is 1. The number of guanidine groups is 1. The van der Waals surface area contributed by atoms with E-state index in [9.17, 15) is 4.79 Å². The van der Waals surface area contributed by atoms with Crippen LogP contribution in [0.1, 0.15) is 39.0 Å². The van der Waals surface area contributed by atoms with Crippen LogP contribution in [0, 0.1) is 5.41 Å². The molecule has 0 heterocycles. The molecule has 1 aliphatic carbocycles. The van der Waals surface area contributed by atoms with Crippen LogP contribution < -0.4 is 10.6 Å². The van der Waals surface area contributed by atoms with Crippen molar-refractivity contribution in [1.82, 2.24) is 20.4 Å². The summed E-state index contributed by atoms with van der Waals surface area (Å²) in [6, 6.07) is 0. The van der Waals surface area contributed by atoms with Crippen molar-refractivity contribution in [3.63, 3.8) is 0 Å². The van der Waals surface area contributed by atoms with E-state index in [0.717, 1.165) is 44.6 Å². The van der Waals surface area contributed by atoms with Gasteiger partial charge in [0.2, 0.25) is 5.91 Å². The van der Waals surface area contributed by atoms with Gasteiger partial charge in [-0.15, -0.1) is 0 Å². The lowest BCUT2D eigenvalue weighted by Crippen LogP contribution is -2.50. The second kappa shape index (κ2) is 11.4. The third kappa shape index (κ3) is 7.11. The van der Waals surface area contributed by atoms with E-state index in [0.29, 0.717) is 19.7 Å². The lowest BCUT2D eigenvalue weighted by molar-refractivity contribution is -0.138. The van der Waals surface area contributed by atoms with Crippen LogP contribution in [-0.2, 0) is 9.53 Å². The molecule has 1 fully saturated rings. The van der Waals surface area contributed by atoms with Gasteiger partial charge < -0.3 is 25.2 Å². The van der Waals surface area contributed by atoms with Crippen LogP contribution in [-0.4, -0.2) is 89.3 Å². The summed E-state index contributed by atoms with van der Waals surface area (Å²) < 4.78 is 5.82. The summed E-state index contributed by atoms with van der Waals surface area (Å²) in [7, 11) is 9.58. The van der Waals surface area contributed by atoms with Crippen molar-refractivity contribution in [3.8, 4) is 0 Å². The van der Waals surface area contributed by atoms with Crippen molar-refractivity contribution in [3.05, 3.63) is 0 Å². The average Bonchev–Trinajstić information content (AvgIpc) is 3.08. The molecule has 1 unspecified atom stereocenters. The zero-order valence-electron chi connectivity index (χ0n) is 17.6. The summed E-state index contributed by atoms with van der Waals surface area (Å²) >= 11 is 0. The maximum absolute atomic E-state index is 12.7. The number of rotatable bonds is 10. The summed E-state index contributed by atoms with van der Waals surface area (Å²) in [6.45, 7) is 5.04. The number of carbonyl (C=O) groups excluding carboxylic acids is 1. The van der Waals surface area contributed by atoms with E-state index in [1.807, 2.05) is 21.0 Å². The SMILES string of the molecule is CCOC(CCN(C)C)CNC(=NC)NCC1(C(=O)N(C)C)CCCC1. The number of hydrogen-bond acceptors (Lipinski definition) is 4. The predicted octanol–water partition coefficient (Wildman–Crippen LogP) is 1.16. The van der Waals surface area contributed by atoms with Crippen LogP contribution in [0.25, 0.3) is 0 Å². The highest BCUT2D eigenvalue weighted by Crippen LogP contribution is 2.38. The molecule has 0 aliphatic heterocycles. The highest BCUT2D eigenvalue weighted by Gasteiger charge is 2.42. The van der Waals surface area contributed by atoms with Gasteiger partial charge in [-0.25, -0.2) is 0 Å². The van der Waals surface area contributed by atoms with E-state index in [2.05, 4.69) is 34.6 Å². The van der Waals surface area contributed by atoms with Gasteiger partial charge in [0.1, 0.15) is 0 Å². The Morgan fingerprint density at radius 2 is 1.85 bits per heavy atom. The Balaban J connectivity index is 2.56. The van der Waals surface area contributed by atoms with Crippen molar-refractivity contribution in [2.75, 3.05) is 61.5 Å². The molecule has 1 atom stereocenters. The van der Waals surface area contributed by atoms with E-state index in [1.54, 1.807) is 11.9 Å². The molecular weight excluding hydrogens is 330 g/mol. The number of carbonyl (C=O) groups is 1. The minimum atomic E-state index is -0.300. The zero-order chi connectivity index (χ0) is 19.6. The van der Waals surface area contributed by atoms with Crippen LogP contribution in [0.5, 0.6) is 0 Å². The van der Waals surface area contributed by atoms with E-state index in [-0.39, 0.29) is 17.4 Å². The molecule has 0 aromatic rings. The Kier molecular flexibility index (Phi) is 9.94. The molecule has 7 heteroatoms. The lowest BCUT2D eigenvalue weighted by Gasteiger charge is -2.31. The Hall–Kier alpha value is -1.34. The van der Waals surface area contributed by atoms with Gasteiger partial charge in [-0.3, -0.25) is 9.79 Å². The lowest BCUT2D eigenvalue weighted by atomic mass is 9.84. The first-order valence-electron chi connectivity index (χ1n) is 9.77. The number of amides is 1. The molecule has 0 bridgehead atoms. The highest BCUT2D eigenvalue weighted by atomic mass is 16.5. The van der Waals surface area contributed by atoms with Crippen molar-refractivity contribution < 1.29 is 9.53 Å². The first kappa shape index (κ1) is 22.7. The van der Waals surface area contributed by atoms with Crippen LogP contribution in [0.4, 0.5) is 0 Å². The molecule has 1 amide bonds. The molecule has 1 aliphatic rings. The summed E-state index contributed by atoms with van der Waals surface area (Å²) in [4.78, 5) is 20.9. The molecule has 7 nitrogen and oxygen atoms in total. The second-order valence-corrected chi connectivity index (χ2v) is 7.66. The summed E-state index contributed by atoms with van der Waals surface area (Å²) in [6.07, 6.45) is 5.23. The quantitative estimate of drug-likeness (QED) is 0.447. The molecular formula is C19H39N5O2. The molecule has 2 N–H and O–H groups in total. The zero-order valence-corrected chi connectivity index (χ0v) is 17.6. The highest BCUT2D eigenvalue weighted by molar-refractivity contribution is 5.85. The third-order valence-electron chi connectivity index (χ3n) is 5.04. The summed E-state index contributed by atoms with van der Waals surface area (Å²) in [5.74, 6) is 0.952. The molecule has 0 aromatic carbocycles. The fourth-order valence-corrected chi connectivity index (χ4v) is 3.56. The Labute approximate surface area is 159 Å². The Morgan fingerprint density at radius 1 is 1.19 bits per heavy atom. The Bertz CT molecular complexity index is 445. The number of aliphatic imine (C=N–C) groups is 1. The van der Waals surface area contributed by atoms with Crippen LogP contribution in [0.3, 0.4) is 0 Å². The van der Waals surface area contributed by atoms with E-state index in [4.69, 9.17) is 4.74 Å². The maximum Gasteiger partial charge on any atom is 0.230 e. The smallest absolute Gasteiger partial charge is 0.230 e. The van der Waals surface area contributed by atoms with Gasteiger partial charge in [0.05, 0.1) is 11.5 Å². The summed E-state index contributed by atoms with van der Waals surface area (Å²) in [5.41, 5.74) is -0.300. The molecule has 26 heavy (non-hydrogen) atoms. The van der Waals surface area contributed by atoms with Gasteiger partial charge in [-0.05, 0) is 40.3 Å². The largest absolute Gasteiger partial charge is 0.377 e. The third-order valence-corrected chi connectivity index (χ3v) is 5.04. The van der Waals surface area contributed by atoms with E-state index in [1.165, 1.54) is 0 Å². The monoisotopic (exact) mass is 369 g/mol. The van der Waals surface area contributed by atoms with E-state index >= 15 is 0 Å². The minimum absolute atomic E-state index is 0.143. The van der Waals surface area contributed by atoms with Crippen molar-refractivity contribution in [1.29, 1.82) is 0 Å². The molecule has 0 aromatic heterocycles. The van der Waals surface area contributed by atoms with Gasteiger partial charge in [-0.1, -0.05) is 12.8 Å². The van der Waals surface area contributed by atoms with Gasteiger partial charge in [-0.2, -0.15) is 0 Å². The van der Waals surface area contributed by atoms with Crippen molar-refractivity contribution in [2.45, 2.75) is 45.1 Å². The number of nitrogens with one attached hydrogen (secondary N) is 2. The molecule has 1 rings (SSSR count). The second-order valence-electron chi connectivity index (χ2n) is 7.66. The molecule has 152 valence electrons. The molecule has 0 saturated heterocycles. The van der Waals surface area contributed by atoms with Gasteiger partial charge in [0.15, 0.2) is 5.96 Å². The fraction of sp³-hybridized carbons (Fsp3) is 0.895. The van der Waals surface area contributed by atoms with Gasteiger partial charge >= 0.3 is 0 Å². The summed E-state index contributed by atoms with van der Waals surface area (Å²) in [5, 5.41) is 6.73. The van der Waals surface area contributed by atoms with Crippen LogP contribution in [0.15, 0.2) is 4.99 Å². The van der Waals surface area contributed by atoms with Crippen molar-refractivity contribution in [2.24, 2.45) is 10.4 Å². The maximum atomic E-state index is 12.7. The topological polar surface area (TPSA) is 69.2 Å². The number of nitrogens with zero attached hydrogens (tertiary/aromatic N) is 3. The first-order chi connectivity index (χ1) is 12.3. The Morgan fingerprint density at radius 3 is 2.35 bits per heavy atom. The molecule has 0 radical (unpaired) electrons.